The lowest BCUT2D eigenvalue weighted by atomic mass is 9.81. The van der Waals surface area contributed by atoms with Crippen LogP contribution in [0.3, 0.4) is 0 Å². The van der Waals surface area contributed by atoms with Crippen LogP contribution >= 0.6 is 11.6 Å². The van der Waals surface area contributed by atoms with Gasteiger partial charge in [-0.05, 0) is 35.4 Å². The Morgan fingerprint density at radius 2 is 1.53 bits per heavy atom. The molecule has 0 radical (unpaired) electrons. The molecule has 5 aromatic rings. The molecule has 0 saturated carbocycles. The number of rotatable bonds is 3. The summed E-state index contributed by atoms with van der Waals surface area (Å²) >= 11 is 6.34. The summed E-state index contributed by atoms with van der Waals surface area (Å²) in [7, 11) is 0. The van der Waals surface area contributed by atoms with E-state index < -0.39 is 0 Å². The summed E-state index contributed by atoms with van der Waals surface area (Å²) in [6.45, 7) is 4.50. The number of nitrogens with zero attached hydrogens (tertiary/aromatic N) is 2. The molecule has 4 nitrogen and oxygen atoms in total. The van der Waals surface area contributed by atoms with Crippen LogP contribution in [0.4, 0.5) is 5.69 Å². The predicted octanol–water partition coefficient (Wildman–Crippen LogP) is 8.17. The summed E-state index contributed by atoms with van der Waals surface area (Å²) in [6.07, 6.45) is 0. The molecule has 1 aliphatic carbocycles. The highest BCUT2D eigenvalue weighted by Gasteiger charge is 2.41. The minimum atomic E-state index is -0.340. The Morgan fingerprint density at radius 3 is 2.29 bits per heavy atom. The predicted molar refractivity (Wildman–Crippen MR) is 138 cm³/mol. The molecule has 0 N–H and O–H groups in total. The highest BCUT2D eigenvalue weighted by atomic mass is 35.5. The number of benzene rings is 4. The topological polar surface area (TPSA) is 48.1 Å². The average molecular weight is 465 g/mol. The minimum Gasteiger partial charge on any atom is -0.308 e. The molecular weight excluding hydrogens is 444 g/mol. The molecular formula is C29H21ClN2O2. The van der Waals surface area contributed by atoms with Gasteiger partial charge in [-0.3, -0.25) is 10.1 Å². The molecule has 4 aromatic carbocycles. The number of hydrogen-bond donors (Lipinski definition) is 0. The quantitative estimate of drug-likeness (QED) is 0.200. The SMILES string of the molecule is CC1(C)c2ccccc2-c2c1c1cccc(-c3cc(Cl)ccc3[N+](=O)[O-])c1n2-c1ccccc1. The second-order valence-electron chi connectivity index (χ2n) is 9.19. The molecule has 1 aliphatic rings. The number of nitro groups is 1. The van der Waals surface area contributed by atoms with Gasteiger partial charge in [0.05, 0.1) is 21.7 Å². The summed E-state index contributed by atoms with van der Waals surface area (Å²) in [4.78, 5) is 11.6. The zero-order valence-corrected chi connectivity index (χ0v) is 19.5. The molecule has 34 heavy (non-hydrogen) atoms. The van der Waals surface area contributed by atoms with Crippen LogP contribution in [-0.4, -0.2) is 9.49 Å². The minimum absolute atomic E-state index is 0.0394. The first-order chi connectivity index (χ1) is 16.4. The standard InChI is InChI=1S/C29H21ClN2O2/c1-29(2)24-14-7-6-11-21(24)28-26(29)22-13-8-12-20(23-17-18(30)15-16-25(23)32(33)34)27(22)31(28)19-9-4-3-5-10-19/h3-17H,1-2H3. The largest absolute Gasteiger partial charge is 0.308 e. The second-order valence-corrected chi connectivity index (χ2v) is 9.62. The van der Waals surface area contributed by atoms with Gasteiger partial charge < -0.3 is 4.57 Å². The van der Waals surface area contributed by atoms with Crippen LogP contribution in [0.15, 0.2) is 91.0 Å². The highest BCUT2D eigenvalue weighted by molar-refractivity contribution is 6.31. The molecule has 0 bridgehead atoms. The van der Waals surface area contributed by atoms with Crippen LogP contribution < -0.4 is 0 Å². The van der Waals surface area contributed by atoms with E-state index in [0.29, 0.717) is 10.6 Å². The van der Waals surface area contributed by atoms with Crippen molar-refractivity contribution in [3.05, 3.63) is 117 Å². The first-order valence-electron chi connectivity index (χ1n) is 11.2. The van der Waals surface area contributed by atoms with Crippen molar-refractivity contribution in [2.45, 2.75) is 19.3 Å². The van der Waals surface area contributed by atoms with Gasteiger partial charge in [-0.1, -0.05) is 86.1 Å². The maximum atomic E-state index is 12.0. The van der Waals surface area contributed by atoms with E-state index in [1.54, 1.807) is 12.1 Å². The van der Waals surface area contributed by atoms with Crippen molar-refractivity contribution >= 4 is 28.2 Å². The van der Waals surface area contributed by atoms with E-state index in [9.17, 15) is 10.1 Å². The van der Waals surface area contributed by atoms with Crippen molar-refractivity contribution in [3.63, 3.8) is 0 Å². The second kappa shape index (κ2) is 7.31. The first kappa shape index (κ1) is 20.7. The Labute approximate surface area is 202 Å². The fourth-order valence-corrected chi connectivity index (χ4v) is 5.70. The van der Waals surface area contributed by atoms with E-state index in [-0.39, 0.29) is 16.0 Å². The Morgan fingerprint density at radius 1 is 0.824 bits per heavy atom. The van der Waals surface area contributed by atoms with Crippen LogP contribution in [0.1, 0.15) is 25.0 Å². The Hall–Kier alpha value is -3.89. The molecule has 0 atom stereocenters. The van der Waals surface area contributed by atoms with Crippen LogP contribution in [-0.2, 0) is 5.41 Å². The average Bonchev–Trinajstić information content (AvgIpc) is 3.31. The number of halogens is 1. The van der Waals surface area contributed by atoms with Crippen molar-refractivity contribution in [1.82, 2.24) is 4.57 Å². The molecule has 0 aliphatic heterocycles. The van der Waals surface area contributed by atoms with Crippen molar-refractivity contribution in [3.8, 4) is 28.1 Å². The summed E-state index contributed by atoms with van der Waals surface area (Å²) in [5.41, 5.74) is 7.93. The Bertz CT molecular complexity index is 1620. The van der Waals surface area contributed by atoms with Gasteiger partial charge in [0.25, 0.3) is 5.69 Å². The van der Waals surface area contributed by atoms with Crippen LogP contribution in [0.2, 0.25) is 5.02 Å². The van der Waals surface area contributed by atoms with E-state index in [4.69, 9.17) is 11.6 Å². The lowest BCUT2D eigenvalue weighted by molar-refractivity contribution is -0.384. The van der Waals surface area contributed by atoms with Crippen molar-refractivity contribution in [2.24, 2.45) is 0 Å². The molecule has 5 heteroatoms. The smallest absolute Gasteiger partial charge is 0.277 e. The third-order valence-electron chi connectivity index (χ3n) is 6.93. The fraction of sp³-hybridized carbons (Fsp3) is 0.103. The van der Waals surface area contributed by atoms with Crippen LogP contribution in [0.5, 0.6) is 0 Å². The van der Waals surface area contributed by atoms with Crippen molar-refractivity contribution in [1.29, 1.82) is 0 Å². The fourth-order valence-electron chi connectivity index (χ4n) is 5.53. The maximum absolute atomic E-state index is 12.0. The maximum Gasteiger partial charge on any atom is 0.277 e. The summed E-state index contributed by atoms with van der Waals surface area (Å²) < 4.78 is 2.26. The van der Waals surface area contributed by atoms with E-state index in [1.807, 2.05) is 30.3 Å². The Balaban J connectivity index is 1.83. The zero-order chi connectivity index (χ0) is 23.6. The van der Waals surface area contributed by atoms with Crippen molar-refractivity contribution in [2.75, 3.05) is 0 Å². The lowest BCUT2D eigenvalue weighted by Crippen LogP contribution is -2.14. The lowest BCUT2D eigenvalue weighted by Gasteiger charge is -2.21. The van der Waals surface area contributed by atoms with Gasteiger partial charge in [-0.25, -0.2) is 0 Å². The number of nitro benzene ring substituents is 1. The molecule has 0 fully saturated rings. The molecule has 0 saturated heterocycles. The van der Waals surface area contributed by atoms with Gasteiger partial charge in [0.1, 0.15) is 0 Å². The van der Waals surface area contributed by atoms with Gasteiger partial charge in [-0.2, -0.15) is 0 Å². The molecule has 166 valence electrons. The summed E-state index contributed by atoms with van der Waals surface area (Å²) in [5.74, 6) is 0. The van der Waals surface area contributed by atoms with E-state index in [2.05, 4.69) is 60.9 Å². The summed E-state index contributed by atoms with van der Waals surface area (Å²) in [6, 6.07) is 29.5. The highest BCUT2D eigenvalue weighted by Crippen LogP contribution is 2.55. The van der Waals surface area contributed by atoms with E-state index >= 15 is 0 Å². The van der Waals surface area contributed by atoms with Crippen LogP contribution in [0.25, 0.3) is 39.0 Å². The number of aromatic nitrogens is 1. The number of hydrogen-bond acceptors (Lipinski definition) is 2. The molecule has 6 rings (SSSR count). The molecule has 1 aromatic heterocycles. The van der Waals surface area contributed by atoms with Crippen molar-refractivity contribution < 1.29 is 4.92 Å². The third-order valence-corrected chi connectivity index (χ3v) is 7.16. The third kappa shape index (κ3) is 2.79. The van der Waals surface area contributed by atoms with Gasteiger partial charge in [0, 0.05) is 38.7 Å². The monoisotopic (exact) mass is 464 g/mol. The van der Waals surface area contributed by atoms with Gasteiger partial charge in [0.15, 0.2) is 0 Å². The van der Waals surface area contributed by atoms with E-state index in [0.717, 1.165) is 27.8 Å². The van der Waals surface area contributed by atoms with Crippen LogP contribution in [0, 0.1) is 10.1 Å². The molecule has 0 unspecified atom stereocenters. The molecule has 0 amide bonds. The molecule has 0 spiro atoms. The van der Waals surface area contributed by atoms with Gasteiger partial charge in [0.2, 0.25) is 0 Å². The zero-order valence-electron chi connectivity index (χ0n) is 18.7. The normalized spacial score (nSPS) is 13.6. The molecule has 1 heterocycles. The van der Waals surface area contributed by atoms with Gasteiger partial charge in [-0.15, -0.1) is 0 Å². The first-order valence-corrected chi connectivity index (χ1v) is 11.5. The van der Waals surface area contributed by atoms with E-state index in [1.165, 1.54) is 22.8 Å². The Kier molecular flexibility index (Phi) is 4.45. The number of fused-ring (bicyclic) bond motifs is 5. The van der Waals surface area contributed by atoms with Gasteiger partial charge >= 0.3 is 0 Å². The summed E-state index contributed by atoms with van der Waals surface area (Å²) in [5, 5.41) is 13.5. The number of para-hydroxylation sites is 2.